The second-order valence-corrected chi connectivity index (χ2v) is 8.71. The van der Waals surface area contributed by atoms with Crippen molar-refractivity contribution in [2.75, 3.05) is 4.90 Å². The predicted molar refractivity (Wildman–Crippen MR) is 146 cm³/mol. The van der Waals surface area contributed by atoms with Crippen LogP contribution in [0.4, 0.5) is 11.6 Å². The van der Waals surface area contributed by atoms with Crippen LogP contribution in [0.25, 0.3) is 0 Å². The van der Waals surface area contributed by atoms with Gasteiger partial charge in [0.25, 0.3) is 0 Å². The fourth-order valence-electron chi connectivity index (χ4n) is 3.69. The molecule has 0 saturated carbocycles. The SMILES string of the molecule is CC(C)N=C(N)c1ccc(N=C2c3ccccc3CN2c2ccc(C(N)=NC(C)C)cn2)nc1.Cl. The molecular formula is C26H31ClN8. The summed E-state index contributed by atoms with van der Waals surface area (Å²) in [5.74, 6) is 3.11. The zero-order valence-electron chi connectivity index (χ0n) is 20.4. The highest BCUT2D eigenvalue weighted by Gasteiger charge is 2.27. The predicted octanol–water partition coefficient (Wildman–Crippen LogP) is 4.22. The van der Waals surface area contributed by atoms with Crippen molar-refractivity contribution in [1.82, 2.24) is 9.97 Å². The Balaban J connectivity index is 0.00000342. The monoisotopic (exact) mass is 490 g/mol. The van der Waals surface area contributed by atoms with E-state index in [-0.39, 0.29) is 24.5 Å². The van der Waals surface area contributed by atoms with E-state index in [9.17, 15) is 0 Å². The molecule has 1 aromatic carbocycles. The number of aromatic nitrogens is 2. The highest BCUT2D eigenvalue weighted by molar-refractivity contribution is 6.14. The average molecular weight is 491 g/mol. The summed E-state index contributed by atoms with van der Waals surface area (Å²) in [4.78, 5) is 24.9. The first-order valence-corrected chi connectivity index (χ1v) is 11.4. The lowest BCUT2D eigenvalue weighted by atomic mass is 10.1. The normalized spacial score (nSPS) is 15.0. The van der Waals surface area contributed by atoms with E-state index in [2.05, 4.69) is 37.0 Å². The number of nitrogens with zero attached hydrogens (tertiary/aromatic N) is 6. The maximum Gasteiger partial charge on any atom is 0.154 e. The van der Waals surface area contributed by atoms with Crippen LogP contribution in [-0.2, 0) is 6.54 Å². The molecule has 3 aromatic rings. The fraction of sp³-hybridized carbons (Fsp3) is 0.269. The first-order chi connectivity index (χ1) is 16.3. The molecule has 0 amide bonds. The lowest BCUT2D eigenvalue weighted by molar-refractivity contribution is 0.834. The number of pyridine rings is 2. The van der Waals surface area contributed by atoms with E-state index in [1.807, 2.05) is 64.1 Å². The Labute approximate surface area is 212 Å². The summed E-state index contributed by atoms with van der Waals surface area (Å²) < 4.78 is 0. The van der Waals surface area contributed by atoms with Crippen molar-refractivity contribution in [3.05, 3.63) is 83.2 Å². The number of hydrogen-bond acceptors (Lipinski definition) is 5. The average Bonchev–Trinajstić information content (AvgIpc) is 3.17. The highest BCUT2D eigenvalue weighted by atomic mass is 35.5. The van der Waals surface area contributed by atoms with E-state index in [0.717, 1.165) is 28.3 Å². The zero-order valence-corrected chi connectivity index (χ0v) is 21.2. The summed E-state index contributed by atoms with van der Waals surface area (Å²) in [5, 5.41) is 0. The summed E-state index contributed by atoms with van der Waals surface area (Å²) in [7, 11) is 0. The molecule has 0 bridgehead atoms. The Morgan fingerprint density at radius 3 is 1.97 bits per heavy atom. The van der Waals surface area contributed by atoms with E-state index in [0.29, 0.717) is 24.0 Å². The first kappa shape index (κ1) is 25.8. The Morgan fingerprint density at radius 2 is 1.43 bits per heavy atom. The van der Waals surface area contributed by atoms with Gasteiger partial charge in [0.1, 0.15) is 23.3 Å². The summed E-state index contributed by atoms with van der Waals surface area (Å²) in [6, 6.07) is 16.1. The van der Waals surface area contributed by atoms with Crippen LogP contribution in [-0.4, -0.2) is 39.6 Å². The van der Waals surface area contributed by atoms with E-state index >= 15 is 0 Å². The number of rotatable bonds is 6. The number of hydrogen-bond donors (Lipinski definition) is 2. The van der Waals surface area contributed by atoms with Crippen molar-refractivity contribution >= 4 is 41.5 Å². The van der Waals surface area contributed by atoms with Gasteiger partial charge < -0.3 is 16.4 Å². The third-order valence-corrected chi connectivity index (χ3v) is 5.22. The van der Waals surface area contributed by atoms with Gasteiger partial charge in [-0.05, 0) is 57.5 Å². The fourth-order valence-corrected chi connectivity index (χ4v) is 3.69. The molecule has 0 fully saturated rings. The van der Waals surface area contributed by atoms with Gasteiger partial charge in [-0.3, -0.25) is 9.98 Å². The van der Waals surface area contributed by atoms with Gasteiger partial charge in [-0.2, -0.15) is 0 Å². The number of amidine groups is 3. The molecular weight excluding hydrogens is 460 g/mol. The van der Waals surface area contributed by atoms with Gasteiger partial charge in [-0.15, -0.1) is 12.4 Å². The van der Waals surface area contributed by atoms with Gasteiger partial charge in [0.15, 0.2) is 5.82 Å². The molecule has 3 heterocycles. The van der Waals surface area contributed by atoms with Crippen molar-refractivity contribution in [2.45, 2.75) is 46.3 Å². The molecule has 1 aliphatic heterocycles. The topological polar surface area (TPSA) is 118 Å². The maximum atomic E-state index is 6.10. The van der Waals surface area contributed by atoms with Crippen LogP contribution in [0.3, 0.4) is 0 Å². The summed E-state index contributed by atoms with van der Waals surface area (Å²) in [6.45, 7) is 8.62. The zero-order chi connectivity index (χ0) is 24.2. The summed E-state index contributed by atoms with van der Waals surface area (Å²) >= 11 is 0. The second-order valence-electron chi connectivity index (χ2n) is 8.71. The molecule has 1 aliphatic rings. The number of aliphatic imine (C=N–C) groups is 3. The van der Waals surface area contributed by atoms with Crippen molar-refractivity contribution in [2.24, 2.45) is 26.4 Å². The third kappa shape index (κ3) is 6.02. The van der Waals surface area contributed by atoms with Crippen LogP contribution in [0.1, 0.15) is 49.9 Å². The third-order valence-electron chi connectivity index (χ3n) is 5.22. The van der Waals surface area contributed by atoms with Crippen molar-refractivity contribution < 1.29 is 0 Å². The van der Waals surface area contributed by atoms with Crippen LogP contribution in [0.5, 0.6) is 0 Å². The molecule has 0 unspecified atom stereocenters. The van der Waals surface area contributed by atoms with Gasteiger partial charge in [-0.1, -0.05) is 24.3 Å². The van der Waals surface area contributed by atoms with Gasteiger partial charge in [0, 0.05) is 41.2 Å². The minimum absolute atomic E-state index is 0. The smallest absolute Gasteiger partial charge is 0.154 e. The minimum atomic E-state index is 0. The molecule has 0 atom stereocenters. The largest absolute Gasteiger partial charge is 0.383 e. The number of anilines is 1. The Kier molecular flexibility index (Phi) is 8.19. The van der Waals surface area contributed by atoms with Crippen molar-refractivity contribution in [1.29, 1.82) is 0 Å². The molecule has 4 rings (SSSR count). The molecule has 8 nitrogen and oxygen atoms in total. The quantitative estimate of drug-likeness (QED) is 0.396. The van der Waals surface area contributed by atoms with E-state index < -0.39 is 0 Å². The number of halogens is 1. The van der Waals surface area contributed by atoms with Crippen LogP contribution >= 0.6 is 12.4 Å². The van der Waals surface area contributed by atoms with Gasteiger partial charge in [0.2, 0.25) is 0 Å². The van der Waals surface area contributed by atoms with Gasteiger partial charge in [0.05, 0.1) is 6.54 Å². The molecule has 9 heteroatoms. The minimum Gasteiger partial charge on any atom is -0.383 e. The van der Waals surface area contributed by atoms with Gasteiger partial charge >= 0.3 is 0 Å². The van der Waals surface area contributed by atoms with Crippen molar-refractivity contribution in [3.8, 4) is 0 Å². The second kappa shape index (κ2) is 11.1. The lowest BCUT2D eigenvalue weighted by Crippen LogP contribution is -2.25. The standard InChI is InChI=1S/C26H30N8.ClH/c1-16(2)31-24(27)18-9-11-22(29-13-18)33-26-21-8-6-5-7-20(21)15-34(26)23-12-10-19(14-30-23)25(28)32-17(3)4;/h5-14,16-17H,15H2,1-4H3,(H2,27,31)(H2,28,32);1H. The van der Waals surface area contributed by atoms with E-state index in [1.54, 1.807) is 12.4 Å². The van der Waals surface area contributed by atoms with Crippen LogP contribution in [0.15, 0.2) is 75.9 Å². The molecule has 182 valence electrons. The highest BCUT2D eigenvalue weighted by Crippen LogP contribution is 2.29. The molecule has 0 spiro atoms. The number of benzene rings is 1. The van der Waals surface area contributed by atoms with Crippen LogP contribution in [0, 0.1) is 0 Å². The molecule has 0 aliphatic carbocycles. The Bertz CT molecular complexity index is 1250. The number of nitrogens with two attached hydrogens (primary N) is 2. The molecule has 0 saturated heterocycles. The Morgan fingerprint density at radius 1 is 0.829 bits per heavy atom. The molecule has 0 radical (unpaired) electrons. The Hall–Kier alpha value is -3.78. The molecule has 4 N–H and O–H groups in total. The first-order valence-electron chi connectivity index (χ1n) is 11.4. The van der Waals surface area contributed by atoms with Crippen molar-refractivity contribution in [3.63, 3.8) is 0 Å². The number of fused-ring (bicyclic) bond motifs is 1. The molecule has 2 aromatic heterocycles. The summed E-state index contributed by atoms with van der Waals surface area (Å²) in [5.41, 5.74) is 16.0. The lowest BCUT2D eigenvalue weighted by Gasteiger charge is -2.18. The van der Waals surface area contributed by atoms with E-state index in [4.69, 9.17) is 16.5 Å². The van der Waals surface area contributed by atoms with E-state index in [1.165, 1.54) is 5.56 Å². The van der Waals surface area contributed by atoms with Gasteiger partial charge in [-0.25, -0.2) is 15.0 Å². The van der Waals surface area contributed by atoms with Crippen LogP contribution < -0.4 is 16.4 Å². The molecule has 35 heavy (non-hydrogen) atoms. The summed E-state index contributed by atoms with van der Waals surface area (Å²) in [6.07, 6.45) is 3.46. The van der Waals surface area contributed by atoms with Crippen LogP contribution in [0.2, 0.25) is 0 Å². The maximum absolute atomic E-state index is 6.10.